The maximum atomic E-state index is 12.7. The Morgan fingerprint density at radius 2 is 1.92 bits per heavy atom. The SMILES string of the molecule is COc1cc(OC)cc(C(=O)N2CC(c3nc(-c4ccco4)no3)C2)c1. The topological polar surface area (TPSA) is 90.8 Å². The van der Waals surface area contributed by atoms with Crippen molar-refractivity contribution in [3.05, 3.63) is 48.0 Å². The van der Waals surface area contributed by atoms with E-state index in [0.717, 1.165) is 0 Å². The predicted octanol–water partition coefficient (Wildman–Crippen LogP) is 2.59. The molecule has 0 bridgehead atoms. The molecule has 26 heavy (non-hydrogen) atoms. The molecule has 1 aliphatic rings. The van der Waals surface area contributed by atoms with Gasteiger partial charge in [0.15, 0.2) is 5.76 Å². The van der Waals surface area contributed by atoms with Crippen LogP contribution in [0.2, 0.25) is 0 Å². The van der Waals surface area contributed by atoms with Crippen LogP contribution in [0.1, 0.15) is 22.2 Å². The molecule has 3 aromatic rings. The molecule has 0 radical (unpaired) electrons. The lowest BCUT2D eigenvalue weighted by Crippen LogP contribution is -2.48. The zero-order valence-electron chi connectivity index (χ0n) is 14.3. The van der Waals surface area contributed by atoms with Gasteiger partial charge in [-0.15, -0.1) is 0 Å². The molecule has 0 spiro atoms. The molecule has 134 valence electrons. The number of carbonyl (C=O) groups is 1. The number of amides is 1. The molecule has 8 heteroatoms. The van der Waals surface area contributed by atoms with Crippen molar-refractivity contribution in [2.45, 2.75) is 5.92 Å². The Labute approximate surface area is 149 Å². The maximum Gasteiger partial charge on any atom is 0.254 e. The summed E-state index contributed by atoms with van der Waals surface area (Å²) in [5.41, 5.74) is 0.515. The molecule has 1 fully saturated rings. The number of rotatable bonds is 5. The molecule has 1 aromatic carbocycles. The second-order valence-electron chi connectivity index (χ2n) is 5.94. The molecule has 1 amide bonds. The first-order valence-corrected chi connectivity index (χ1v) is 8.07. The molecule has 0 aliphatic carbocycles. The van der Waals surface area contributed by atoms with Crippen LogP contribution in [-0.4, -0.2) is 48.3 Å². The van der Waals surface area contributed by atoms with Crippen molar-refractivity contribution >= 4 is 5.91 Å². The Morgan fingerprint density at radius 1 is 1.19 bits per heavy atom. The summed E-state index contributed by atoms with van der Waals surface area (Å²) in [6.07, 6.45) is 1.55. The lowest BCUT2D eigenvalue weighted by Gasteiger charge is -2.37. The largest absolute Gasteiger partial charge is 0.497 e. The molecule has 2 aromatic heterocycles. The van der Waals surface area contributed by atoms with Crippen molar-refractivity contribution in [2.75, 3.05) is 27.3 Å². The van der Waals surface area contributed by atoms with Crippen LogP contribution in [0.3, 0.4) is 0 Å². The third-order valence-electron chi connectivity index (χ3n) is 4.30. The normalized spacial score (nSPS) is 14.2. The van der Waals surface area contributed by atoms with E-state index in [2.05, 4.69) is 10.1 Å². The van der Waals surface area contributed by atoms with Crippen LogP contribution in [0.4, 0.5) is 0 Å². The number of ether oxygens (including phenoxy) is 2. The number of nitrogens with zero attached hydrogens (tertiary/aromatic N) is 3. The molecule has 1 saturated heterocycles. The zero-order valence-corrected chi connectivity index (χ0v) is 14.3. The second kappa shape index (κ2) is 6.55. The fourth-order valence-electron chi connectivity index (χ4n) is 2.82. The van der Waals surface area contributed by atoms with Crippen molar-refractivity contribution in [2.24, 2.45) is 0 Å². The highest BCUT2D eigenvalue weighted by Crippen LogP contribution is 2.30. The summed E-state index contributed by atoms with van der Waals surface area (Å²) in [5.74, 6) is 2.54. The lowest BCUT2D eigenvalue weighted by molar-refractivity contribution is 0.0568. The number of hydrogen-bond donors (Lipinski definition) is 0. The minimum absolute atomic E-state index is 0.0164. The highest BCUT2D eigenvalue weighted by Gasteiger charge is 2.36. The van der Waals surface area contributed by atoms with Crippen molar-refractivity contribution in [3.63, 3.8) is 0 Å². The van der Waals surface area contributed by atoms with Crippen LogP contribution >= 0.6 is 0 Å². The molecule has 0 atom stereocenters. The van der Waals surface area contributed by atoms with Gasteiger partial charge in [0.2, 0.25) is 11.7 Å². The van der Waals surface area contributed by atoms with Gasteiger partial charge < -0.3 is 23.3 Å². The minimum atomic E-state index is -0.0933. The van der Waals surface area contributed by atoms with Gasteiger partial charge in [0.05, 0.1) is 26.4 Å². The van der Waals surface area contributed by atoms with Crippen molar-refractivity contribution in [1.29, 1.82) is 0 Å². The summed E-state index contributed by atoms with van der Waals surface area (Å²) < 4.78 is 21.0. The van der Waals surface area contributed by atoms with Gasteiger partial charge in [0.25, 0.3) is 5.91 Å². The molecular weight excluding hydrogens is 338 g/mol. The van der Waals surface area contributed by atoms with E-state index < -0.39 is 0 Å². The van der Waals surface area contributed by atoms with Gasteiger partial charge in [-0.3, -0.25) is 4.79 Å². The van der Waals surface area contributed by atoms with Crippen LogP contribution < -0.4 is 9.47 Å². The molecule has 8 nitrogen and oxygen atoms in total. The fraction of sp³-hybridized carbons (Fsp3) is 0.278. The molecule has 0 N–H and O–H groups in total. The zero-order chi connectivity index (χ0) is 18.1. The Bertz CT molecular complexity index is 891. The highest BCUT2D eigenvalue weighted by molar-refractivity contribution is 5.95. The van der Waals surface area contributed by atoms with Crippen LogP contribution in [0.15, 0.2) is 45.5 Å². The van der Waals surface area contributed by atoms with Crippen molar-refractivity contribution in [3.8, 4) is 23.1 Å². The van der Waals surface area contributed by atoms with E-state index in [-0.39, 0.29) is 11.8 Å². The minimum Gasteiger partial charge on any atom is -0.497 e. The summed E-state index contributed by atoms with van der Waals surface area (Å²) in [4.78, 5) is 18.7. The summed E-state index contributed by atoms with van der Waals surface area (Å²) >= 11 is 0. The summed E-state index contributed by atoms with van der Waals surface area (Å²) in [6, 6.07) is 8.64. The number of carbonyl (C=O) groups excluding carboxylic acids is 1. The van der Waals surface area contributed by atoms with E-state index in [4.69, 9.17) is 18.4 Å². The van der Waals surface area contributed by atoms with E-state index in [1.165, 1.54) is 0 Å². The quantitative estimate of drug-likeness (QED) is 0.695. The van der Waals surface area contributed by atoms with E-state index >= 15 is 0 Å². The average Bonchev–Trinajstić information content (AvgIpc) is 3.31. The third kappa shape index (κ3) is 2.90. The van der Waals surface area contributed by atoms with E-state index in [1.807, 2.05) is 0 Å². The van der Waals surface area contributed by atoms with E-state index in [1.54, 1.807) is 55.7 Å². The van der Waals surface area contributed by atoms with Crippen LogP contribution in [0, 0.1) is 0 Å². The second-order valence-corrected chi connectivity index (χ2v) is 5.94. The molecule has 1 aliphatic heterocycles. The van der Waals surface area contributed by atoms with Gasteiger partial charge in [0.1, 0.15) is 11.5 Å². The number of likely N-dealkylation sites (tertiary alicyclic amines) is 1. The Kier molecular flexibility index (Phi) is 4.08. The first-order chi connectivity index (χ1) is 12.7. The van der Waals surface area contributed by atoms with E-state index in [0.29, 0.717) is 47.6 Å². The molecular formula is C18H17N3O5. The van der Waals surface area contributed by atoms with Crippen LogP contribution in [0.25, 0.3) is 11.6 Å². The third-order valence-corrected chi connectivity index (χ3v) is 4.30. The van der Waals surface area contributed by atoms with Gasteiger partial charge >= 0.3 is 0 Å². The predicted molar refractivity (Wildman–Crippen MR) is 90.2 cm³/mol. The van der Waals surface area contributed by atoms with Crippen molar-refractivity contribution in [1.82, 2.24) is 15.0 Å². The summed E-state index contributed by atoms with van der Waals surface area (Å²) in [6.45, 7) is 1.02. The van der Waals surface area contributed by atoms with Gasteiger partial charge in [0, 0.05) is 24.7 Å². The number of benzene rings is 1. The Morgan fingerprint density at radius 3 is 2.54 bits per heavy atom. The number of furan rings is 1. The first kappa shape index (κ1) is 16.2. The van der Waals surface area contributed by atoms with Gasteiger partial charge in [-0.25, -0.2) is 0 Å². The van der Waals surface area contributed by atoms with Crippen molar-refractivity contribution < 1.29 is 23.2 Å². The fourth-order valence-corrected chi connectivity index (χ4v) is 2.82. The van der Waals surface area contributed by atoms with Gasteiger partial charge in [-0.1, -0.05) is 5.16 Å². The smallest absolute Gasteiger partial charge is 0.254 e. The van der Waals surface area contributed by atoms with E-state index in [9.17, 15) is 4.79 Å². The first-order valence-electron chi connectivity index (χ1n) is 8.07. The molecule has 0 saturated carbocycles. The van der Waals surface area contributed by atoms with Gasteiger partial charge in [-0.2, -0.15) is 4.98 Å². The standard InChI is InChI=1S/C18H17N3O5/c1-23-13-6-11(7-14(8-13)24-2)18(22)21-9-12(10-21)17-19-16(20-26-17)15-4-3-5-25-15/h3-8,12H,9-10H2,1-2H3. The Hall–Kier alpha value is -3.29. The maximum absolute atomic E-state index is 12.7. The summed E-state index contributed by atoms with van der Waals surface area (Å²) in [5, 5.41) is 3.92. The van der Waals surface area contributed by atoms with Gasteiger partial charge in [-0.05, 0) is 24.3 Å². The lowest BCUT2D eigenvalue weighted by atomic mass is 9.98. The highest BCUT2D eigenvalue weighted by atomic mass is 16.5. The van der Waals surface area contributed by atoms with Crippen LogP contribution in [-0.2, 0) is 0 Å². The summed E-state index contributed by atoms with van der Waals surface area (Å²) in [7, 11) is 3.10. The molecule has 0 unspecified atom stereocenters. The number of hydrogen-bond acceptors (Lipinski definition) is 7. The van der Waals surface area contributed by atoms with Crippen LogP contribution in [0.5, 0.6) is 11.5 Å². The Balaban J connectivity index is 1.44. The average molecular weight is 355 g/mol. The molecule has 4 rings (SSSR count). The number of methoxy groups -OCH3 is 2. The monoisotopic (exact) mass is 355 g/mol. The molecule has 3 heterocycles. The number of aromatic nitrogens is 2.